The fourth-order valence-electron chi connectivity index (χ4n) is 3.33. The zero-order valence-electron chi connectivity index (χ0n) is 18.4. The van der Waals surface area contributed by atoms with E-state index in [-0.39, 0.29) is 37.9 Å². The molecule has 0 N–H and O–H groups in total. The molecule has 1 atom stereocenters. The van der Waals surface area contributed by atoms with E-state index in [2.05, 4.69) is 0 Å². The molecule has 0 bridgehead atoms. The van der Waals surface area contributed by atoms with Crippen molar-refractivity contribution >= 4 is 17.9 Å². The zero-order chi connectivity index (χ0) is 23.0. The Morgan fingerprint density at radius 3 is 2.06 bits per heavy atom. The summed E-state index contributed by atoms with van der Waals surface area (Å²) in [5, 5.41) is 0. The van der Waals surface area contributed by atoms with Crippen molar-refractivity contribution in [3.05, 3.63) is 41.3 Å². The van der Waals surface area contributed by atoms with E-state index in [1.165, 1.54) is 7.11 Å². The molecule has 1 aromatic rings. The summed E-state index contributed by atoms with van der Waals surface area (Å²) in [6.45, 7) is 6.64. The first kappa shape index (κ1) is 24.0. The molecule has 1 aliphatic heterocycles. The van der Waals surface area contributed by atoms with Gasteiger partial charge in [0.25, 0.3) is 5.95 Å². The Bertz CT molecular complexity index is 825. The Balaban J connectivity index is 2.82. The van der Waals surface area contributed by atoms with Crippen LogP contribution in [0.5, 0.6) is 5.75 Å². The number of hydrogen-bond acceptors (Lipinski definition) is 9. The molecular weight excluding hydrogens is 408 g/mol. The van der Waals surface area contributed by atoms with Crippen LogP contribution in [-0.4, -0.2) is 57.0 Å². The molecule has 1 aliphatic rings. The molecule has 1 unspecified atom stereocenters. The zero-order valence-corrected chi connectivity index (χ0v) is 18.4. The van der Waals surface area contributed by atoms with Gasteiger partial charge in [0, 0.05) is 0 Å². The molecule has 0 aromatic heterocycles. The van der Waals surface area contributed by atoms with Gasteiger partial charge in [0.05, 0.1) is 39.5 Å². The third kappa shape index (κ3) is 4.60. The normalized spacial score (nSPS) is 16.9. The molecule has 31 heavy (non-hydrogen) atoms. The Labute approximate surface area is 181 Å². The topological polar surface area (TPSA) is 107 Å². The molecule has 170 valence electrons. The van der Waals surface area contributed by atoms with Crippen molar-refractivity contribution < 1.29 is 42.8 Å². The lowest BCUT2D eigenvalue weighted by atomic mass is 9.78. The highest BCUT2D eigenvalue weighted by molar-refractivity contribution is 6.09. The summed E-state index contributed by atoms with van der Waals surface area (Å²) in [7, 11) is 1.47. The van der Waals surface area contributed by atoms with Gasteiger partial charge < -0.3 is 28.4 Å². The molecule has 9 heteroatoms. The summed E-state index contributed by atoms with van der Waals surface area (Å²) < 4.78 is 32.2. The van der Waals surface area contributed by atoms with Gasteiger partial charge in [-0.1, -0.05) is 12.1 Å². The first-order chi connectivity index (χ1) is 14.9. The van der Waals surface area contributed by atoms with E-state index in [1.54, 1.807) is 52.0 Å². The third-order valence-corrected chi connectivity index (χ3v) is 4.52. The highest BCUT2D eigenvalue weighted by Crippen LogP contribution is 2.49. The van der Waals surface area contributed by atoms with Crippen LogP contribution in [0.1, 0.15) is 39.2 Å². The van der Waals surface area contributed by atoms with E-state index in [1.807, 2.05) is 0 Å². The van der Waals surface area contributed by atoms with Crippen molar-refractivity contribution in [2.45, 2.75) is 39.2 Å². The second-order valence-electron chi connectivity index (χ2n) is 6.34. The molecule has 9 nitrogen and oxygen atoms in total. The van der Waals surface area contributed by atoms with E-state index >= 15 is 0 Å². The van der Waals surface area contributed by atoms with Crippen molar-refractivity contribution in [2.24, 2.45) is 0 Å². The molecule has 1 aromatic carbocycles. The van der Waals surface area contributed by atoms with Gasteiger partial charge in [-0.3, -0.25) is 0 Å². The summed E-state index contributed by atoms with van der Waals surface area (Å²) in [4.78, 5) is 39.3. The monoisotopic (exact) mass is 436 g/mol. The van der Waals surface area contributed by atoms with Gasteiger partial charge in [0.15, 0.2) is 0 Å². The van der Waals surface area contributed by atoms with Crippen molar-refractivity contribution in [3.8, 4) is 5.75 Å². The molecule has 0 aliphatic carbocycles. The lowest BCUT2D eigenvalue weighted by Crippen LogP contribution is -2.53. The molecule has 0 spiro atoms. The van der Waals surface area contributed by atoms with Crippen LogP contribution in [0.2, 0.25) is 0 Å². The molecule has 0 radical (unpaired) electrons. The highest BCUT2D eigenvalue weighted by atomic mass is 16.7. The molecule has 0 saturated carbocycles. The van der Waals surface area contributed by atoms with E-state index in [9.17, 15) is 14.4 Å². The number of rotatable bonds is 10. The summed E-state index contributed by atoms with van der Waals surface area (Å²) in [5.74, 6) is -3.87. The number of carbonyl (C=O) groups is 3. The minimum absolute atomic E-state index is 0.0209. The van der Waals surface area contributed by atoms with Gasteiger partial charge in [0.2, 0.25) is 0 Å². The van der Waals surface area contributed by atoms with Crippen molar-refractivity contribution in [1.29, 1.82) is 0 Å². The first-order valence-electron chi connectivity index (χ1n) is 10.1. The van der Waals surface area contributed by atoms with Crippen molar-refractivity contribution in [1.82, 2.24) is 0 Å². The average Bonchev–Trinajstić information content (AvgIpc) is 3.11. The second-order valence-corrected chi connectivity index (χ2v) is 6.34. The predicted octanol–water partition coefficient (Wildman–Crippen LogP) is 2.49. The maximum absolute atomic E-state index is 13.2. The van der Waals surface area contributed by atoms with E-state index in [0.717, 1.165) is 0 Å². The van der Waals surface area contributed by atoms with Crippen LogP contribution in [0.25, 0.3) is 0 Å². The van der Waals surface area contributed by atoms with Crippen molar-refractivity contribution in [3.63, 3.8) is 0 Å². The smallest absolute Gasteiger partial charge is 0.363 e. The number of esters is 3. The number of hydrogen-bond donors (Lipinski definition) is 0. The van der Waals surface area contributed by atoms with E-state index in [0.29, 0.717) is 11.3 Å². The van der Waals surface area contributed by atoms with Gasteiger partial charge in [-0.15, -0.1) is 0 Å². The second kappa shape index (κ2) is 10.7. The molecule has 0 saturated heterocycles. The first-order valence-corrected chi connectivity index (χ1v) is 10.1. The van der Waals surface area contributed by atoms with Gasteiger partial charge >= 0.3 is 23.5 Å². The van der Waals surface area contributed by atoms with Gasteiger partial charge in [-0.05, 0) is 45.4 Å². The number of ether oxygens (including phenoxy) is 6. The summed E-state index contributed by atoms with van der Waals surface area (Å²) in [5.41, 5.74) is -2.05. The maximum Gasteiger partial charge on any atom is 0.363 e. The Kier molecular flexibility index (Phi) is 8.30. The Morgan fingerprint density at radius 2 is 1.55 bits per heavy atom. The maximum atomic E-state index is 13.2. The van der Waals surface area contributed by atoms with Crippen LogP contribution in [0.15, 0.2) is 35.8 Å². The minimum Gasteiger partial charge on any atom is -0.497 e. The quantitative estimate of drug-likeness (QED) is 0.311. The molecule has 2 rings (SSSR count). The third-order valence-electron chi connectivity index (χ3n) is 4.52. The minimum atomic E-state index is -2.33. The van der Waals surface area contributed by atoms with Gasteiger partial charge in [-0.25, -0.2) is 14.4 Å². The van der Waals surface area contributed by atoms with Crippen LogP contribution in [0.3, 0.4) is 0 Å². The predicted molar refractivity (Wildman–Crippen MR) is 108 cm³/mol. The highest BCUT2D eigenvalue weighted by Gasteiger charge is 2.66. The molecular formula is C22H28O9. The lowest BCUT2D eigenvalue weighted by molar-refractivity contribution is -0.189. The Hall–Kier alpha value is -3.23. The molecule has 1 heterocycles. The summed E-state index contributed by atoms with van der Waals surface area (Å²) in [6, 6.07) is 6.58. The van der Waals surface area contributed by atoms with Crippen LogP contribution < -0.4 is 4.74 Å². The van der Waals surface area contributed by atoms with Gasteiger partial charge in [-0.2, -0.15) is 0 Å². The fourth-order valence-corrected chi connectivity index (χ4v) is 3.33. The summed E-state index contributed by atoms with van der Waals surface area (Å²) in [6.07, 6.45) is 0. The Morgan fingerprint density at radius 1 is 0.935 bits per heavy atom. The molecule has 0 amide bonds. The standard InChI is InChI=1S/C22H28O9/c1-6-27-18(23)16-17(14-11-10-12-15(13-14)26-5)22(20(24)29-8-3,21(25)30-9-4)31-19(16)28-7-2/h10-13,17H,6-9H2,1-5H3. The van der Waals surface area contributed by atoms with Crippen molar-refractivity contribution in [2.75, 3.05) is 33.5 Å². The van der Waals surface area contributed by atoms with Crippen LogP contribution in [0.4, 0.5) is 0 Å². The lowest BCUT2D eigenvalue weighted by Gasteiger charge is -2.30. The van der Waals surface area contributed by atoms with Crippen LogP contribution >= 0.6 is 0 Å². The fraction of sp³-hybridized carbons (Fsp3) is 0.500. The summed E-state index contributed by atoms with van der Waals surface area (Å²) >= 11 is 0. The SMILES string of the molecule is CCOC(=O)C1=C(OCC)OC(C(=O)OCC)(C(=O)OCC)C1c1cccc(OC)c1. The van der Waals surface area contributed by atoms with Crippen LogP contribution in [-0.2, 0) is 38.1 Å². The number of carbonyl (C=O) groups excluding carboxylic acids is 3. The molecule has 0 fully saturated rings. The van der Waals surface area contributed by atoms with Gasteiger partial charge in [0.1, 0.15) is 11.3 Å². The largest absolute Gasteiger partial charge is 0.497 e. The van der Waals surface area contributed by atoms with Crippen LogP contribution in [0, 0.1) is 0 Å². The average molecular weight is 436 g/mol. The number of methoxy groups -OCH3 is 1. The number of benzene rings is 1. The van der Waals surface area contributed by atoms with E-state index < -0.39 is 29.4 Å². The van der Waals surface area contributed by atoms with E-state index in [4.69, 9.17) is 28.4 Å².